The largest absolute Gasteiger partial charge is 0.381 e. The van der Waals surface area contributed by atoms with Crippen LogP contribution in [0.4, 0.5) is 0 Å². The van der Waals surface area contributed by atoms with Gasteiger partial charge < -0.3 is 15.0 Å². The lowest BCUT2D eigenvalue weighted by molar-refractivity contribution is 0.135. The van der Waals surface area contributed by atoms with Crippen LogP contribution in [0.2, 0.25) is 0 Å². The molecule has 1 aromatic carbocycles. The third-order valence-corrected chi connectivity index (χ3v) is 3.51. The van der Waals surface area contributed by atoms with E-state index in [0.717, 1.165) is 43.0 Å². The monoisotopic (exact) mass is 289 g/mol. The maximum absolute atomic E-state index is 5.73. The normalized spacial score (nSPS) is 12.2. The fourth-order valence-corrected chi connectivity index (χ4v) is 2.63. The summed E-state index contributed by atoms with van der Waals surface area (Å²) in [5, 5.41) is 0. The summed E-state index contributed by atoms with van der Waals surface area (Å²) in [4.78, 5) is 4.81. The summed E-state index contributed by atoms with van der Waals surface area (Å²) in [7, 11) is 0. The van der Waals surface area contributed by atoms with Gasteiger partial charge in [-0.05, 0) is 44.9 Å². The smallest absolute Gasteiger partial charge is 0.112 e. The summed E-state index contributed by atoms with van der Waals surface area (Å²) in [6, 6.07) is 6.31. The molecule has 1 aromatic heterocycles. The molecular weight excluding hydrogens is 262 g/mol. The molecule has 4 heteroatoms. The van der Waals surface area contributed by atoms with Crippen molar-refractivity contribution in [1.82, 2.24) is 9.55 Å². The Kier molecular flexibility index (Phi) is 5.01. The number of aromatic nitrogens is 2. The van der Waals surface area contributed by atoms with E-state index in [1.54, 1.807) is 0 Å². The van der Waals surface area contributed by atoms with Gasteiger partial charge >= 0.3 is 0 Å². The van der Waals surface area contributed by atoms with Crippen LogP contribution in [0.3, 0.4) is 0 Å². The molecule has 0 radical (unpaired) electrons. The van der Waals surface area contributed by atoms with E-state index in [-0.39, 0.29) is 5.54 Å². The van der Waals surface area contributed by atoms with Crippen LogP contribution in [0.5, 0.6) is 0 Å². The number of benzene rings is 1. The van der Waals surface area contributed by atoms with Gasteiger partial charge in [0.1, 0.15) is 5.82 Å². The van der Waals surface area contributed by atoms with Gasteiger partial charge in [0.05, 0.1) is 17.6 Å². The molecule has 1 heterocycles. The molecule has 0 aliphatic heterocycles. The van der Waals surface area contributed by atoms with E-state index in [9.17, 15) is 0 Å². The third-order valence-electron chi connectivity index (χ3n) is 3.51. The molecule has 0 saturated carbocycles. The molecule has 4 nitrogen and oxygen atoms in total. The molecule has 0 spiro atoms. The summed E-state index contributed by atoms with van der Waals surface area (Å²) < 4.78 is 7.94. The van der Waals surface area contributed by atoms with Crippen LogP contribution in [-0.4, -0.2) is 22.8 Å². The molecule has 0 fully saturated rings. The van der Waals surface area contributed by atoms with Crippen molar-refractivity contribution in [2.75, 3.05) is 13.2 Å². The number of ether oxygens (including phenoxy) is 1. The van der Waals surface area contributed by atoms with Crippen LogP contribution in [0, 0.1) is 0 Å². The van der Waals surface area contributed by atoms with Gasteiger partial charge in [0.15, 0.2) is 0 Å². The molecule has 2 rings (SSSR count). The van der Waals surface area contributed by atoms with Crippen LogP contribution in [-0.2, 0) is 23.2 Å². The molecule has 0 saturated heterocycles. The van der Waals surface area contributed by atoms with E-state index >= 15 is 0 Å². The van der Waals surface area contributed by atoms with Gasteiger partial charge in [-0.15, -0.1) is 0 Å². The number of nitrogens with two attached hydrogens (primary N) is 1. The second kappa shape index (κ2) is 6.58. The fraction of sp³-hybridized carbons (Fsp3) is 0.588. The number of rotatable bonds is 6. The van der Waals surface area contributed by atoms with Gasteiger partial charge in [-0.3, -0.25) is 0 Å². The Morgan fingerprint density at radius 2 is 2.00 bits per heavy atom. The average molecular weight is 289 g/mol. The van der Waals surface area contributed by atoms with Crippen LogP contribution in [0.25, 0.3) is 11.0 Å². The Morgan fingerprint density at radius 3 is 2.62 bits per heavy atom. The zero-order valence-electron chi connectivity index (χ0n) is 13.6. The topological polar surface area (TPSA) is 53.1 Å². The number of hydrogen-bond donors (Lipinski definition) is 1. The minimum Gasteiger partial charge on any atom is -0.381 e. The average Bonchev–Trinajstić information content (AvgIpc) is 2.80. The summed E-state index contributed by atoms with van der Waals surface area (Å²) in [6.45, 7) is 10.8. The molecule has 2 aromatic rings. The molecular formula is C17H27N3O. The first-order valence-electron chi connectivity index (χ1n) is 7.76. The first-order valence-corrected chi connectivity index (χ1v) is 7.76. The molecule has 0 aliphatic rings. The summed E-state index contributed by atoms with van der Waals surface area (Å²) in [5.74, 6) is 1.09. The van der Waals surface area contributed by atoms with Gasteiger partial charge in [-0.1, -0.05) is 13.0 Å². The van der Waals surface area contributed by atoms with Crippen LogP contribution >= 0.6 is 0 Å². The van der Waals surface area contributed by atoms with Gasteiger partial charge in [-0.25, -0.2) is 4.98 Å². The Morgan fingerprint density at radius 1 is 1.24 bits per heavy atom. The zero-order valence-corrected chi connectivity index (χ0v) is 13.6. The van der Waals surface area contributed by atoms with Crippen molar-refractivity contribution in [3.8, 4) is 0 Å². The van der Waals surface area contributed by atoms with E-state index in [1.165, 1.54) is 5.52 Å². The van der Waals surface area contributed by atoms with Crippen molar-refractivity contribution in [3.63, 3.8) is 0 Å². The number of fused-ring (bicyclic) bond motifs is 1. The lowest BCUT2D eigenvalue weighted by Crippen LogP contribution is -2.24. The second-order valence-corrected chi connectivity index (χ2v) is 6.42. The molecule has 2 N–H and O–H groups in total. The zero-order chi connectivity index (χ0) is 15.5. The molecule has 116 valence electrons. The van der Waals surface area contributed by atoms with E-state index < -0.39 is 0 Å². The minimum absolute atomic E-state index is 0.000922. The van der Waals surface area contributed by atoms with Crippen LogP contribution < -0.4 is 5.73 Å². The number of imidazole rings is 1. The van der Waals surface area contributed by atoms with E-state index in [4.69, 9.17) is 15.5 Å². The molecule has 21 heavy (non-hydrogen) atoms. The van der Waals surface area contributed by atoms with E-state index in [1.807, 2.05) is 0 Å². The van der Waals surface area contributed by atoms with Gasteiger partial charge in [0.2, 0.25) is 0 Å². The SMILES string of the molecule is CCCOCCc1nc2cc(CN)ccc2n1C(C)(C)C. The van der Waals surface area contributed by atoms with Gasteiger partial charge in [0.25, 0.3) is 0 Å². The van der Waals surface area contributed by atoms with Gasteiger partial charge in [-0.2, -0.15) is 0 Å². The fourth-order valence-electron chi connectivity index (χ4n) is 2.63. The lowest BCUT2D eigenvalue weighted by Gasteiger charge is -2.24. The highest BCUT2D eigenvalue weighted by atomic mass is 16.5. The predicted octanol–water partition coefficient (Wildman–Crippen LogP) is 3.22. The summed E-state index contributed by atoms with van der Waals surface area (Å²) in [5.41, 5.74) is 9.05. The molecule has 0 bridgehead atoms. The minimum atomic E-state index is -0.000922. The highest BCUT2D eigenvalue weighted by Gasteiger charge is 2.21. The molecule has 0 amide bonds. The van der Waals surface area contributed by atoms with Crippen molar-refractivity contribution < 1.29 is 4.74 Å². The van der Waals surface area contributed by atoms with Crippen LogP contribution in [0.1, 0.15) is 45.5 Å². The van der Waals surface area contributed by atoms with E-state index in [0.29, 0.717) is 6.54 Å². The van der Waals surface area contributed by atoms with Crippen molar-refractivity contribution in [1.29, 1.82) is 0 Å². The number of hydrogen-bond acceptors (Lipinski definition) is 3. The third kappa shape index (κ3) is 3.63. The number of nitrogens with zero attached hydrogens (tertiary/aromatic N) is 2. The highest BCUT2D eigenvalue weighted by Crippen LogP contribution is 2.26. The van der Waals surface area contributed by atoms with Crippen molar-refractivity contribution in [2.45, 2.75) is 52.6 Å². The second-order valence-electron chi connectivity index (χ2n) is 6.42. The maximum atomic E-state index is 5.73. The van der Waals surface area contributed by atoms with E-state index in [2.05, 4.69) is 50.5 Å². The first kappa shape index (κ1) is 16.0. The Hall–Kier alpha value is -1.39. The van der Waals surface area contributed by atoms with Crippen LogP contribution in [0.15, 0.2) is 18.2 Å². The maximum Gasteiger partial charge on any atom is 0.112 e. The van der Waals surface area contributed by atoms with Gasteiger partial charge in [0, 0.05) is 25.1 Å². The lowest BCUT2D eigenvalue weighted by atomic mass is 10.1. The summed E-state index contributed by atoms with van der Waals surface area (Å²) >= 11 is 0. The van der Waals surface area contributed by atoms with Crippen molar-refractivity contribution >= 4 is 11.0 Å². The first-order chi connectivity index (χ1) is 9.97. The highest BCUT2D eigenvalue weighted by molar-refractivity contribution is 5.77. The quantitative estimate of drug-likeness (QED) is 0.831. The molecule has 0 aliphatic carbocycles. The summed E-state index contributed by atoms with van der Waals surface area (Å²) in [6.07, 6.45) is 1.89. The van der Waals surface area contributed by atoms with Crippen molar-refractivity contribution in [3.05, 3.63) is 29.6 Å². The molecule has 0 unspecified atom stereocenters. The molecule has 0 atom stereocenters. The standard InChI is InChI=1S/C17H27N3O/c1-5-9-21-10-8-16-19-14-11-13(12-18)6-7-15(14)20(16)17(2,3)4/h6-7,11H,5,8-10,12,18H2,1-4H3. The van der Waals surface area contributed by atoms with Crippen molar-refractivity contribution in [2.24, 2.45) is 5.73 Å². The Balaban J connectivity index is 2.37. The predicted molar refractivity (Wildman–Crippen MR) is 87.4 cm³/mol. The Labute approximate surface area is 127 Å². The Bertz CT molecular complexity index is 596.